The maximum atomic E-state index is 12.2. The molecule has 0 saturated carbocycles. The lowest BCUT2D eigenvalue weighted by atomic mass is 10.1. The number of aromatic nitrogens is 2. The van der Waals surface area contributed by atoms with Crippen LogP contribution >= 0.6 is 11.6 Å². The molecule has 1 saturated heterocycles. The van der Waals surface area contributed by atoms with Gasteiger partial charge in [0, 0.05) is 24.7 Å². The summed E-state index contributed by atoms with van der Waals surface area (Å²) in [7, 11) is 1.82. The van der Waals surface area contributed by atoms with Crippen LogP contribution in [0.5, 0.6) is 0 Å². The summed E-state index contributed by atoms with van der Waals surface area (Å²) in [6.45, 7) is 2.71. The fourth-order valence-corrected chi connectivity index (χ4v) is 2.90. The summed E-state index contributed by atoms with van der Waals surface area (Å²) in [5.74, 6) is 0.588. The van der Waals surface area contributed by atoms with Crippen LogP contribution in [-0.4, -0.2) is 22.3 Å². The van der Waals surface area contributed by atoms with Gasteiger partial charge in [0.2, 0.25) is 5.91 Å². The summed E-state index contributed by atoms with van der Waals surface area (Å²) in [5, 5.41) is 8.01. The topological polar surface area (TPSA) is 56.1 Å². The van der Waals surface area contributed by atoms with Crippen LogP contribution in [0, 0.1) is 6.92 Å². The monoisotopic (exact) mass is 333 g/mol. The van der Waals surface area contributed by atoms with Gasteiger partial charge in [0.05, 0.1) is 12.1 Å². The highest BCUT2D eigenvalue weighted by molar-refractivity contribution is 6.31. The van der Waals surface area contributed by atoms with Gasteiger partial charge in [-0.2, -0.15) is 5.10 Å². The molecule has 0 spiro atoms. The van der Waals surface area contributed by atoms with Crippen molar-refractivity contribution in [1.29, 1.82) is 0 Å². The van der Waals surface area contributed by atoms with E-state index in [9.17, 15) is 4.79 Å². The van der Waals surface area contributed by atoms with Gasteiger partial charge in [-0.25, -0.2) is 0 Å². The second kappa shape index (κ2) is 6.72. The number of hydrogen-bond acceptors (Lipinski definition) is 3. The van der Waals surface area contributed by atoms with E-state index in [1.165, 1.54) is 0 Å². The van der Waals surface area contributed by atoms with Gasteiger partial charge in [0.25, 0.3) is 0 Å². The summed E-state index contributed by atoms with van der Waals surface area (Å²) in [4.78, 5) is 12.2. The Labute approximate surface area is 140 Å². The molecule has 1 aromatic carbocycles. The van der Waals surface area contributed by atoms with Crippen molar-refractivity contribution in [3.8, 4) is 0 Å². The van der Waals surface area contributed by atoms with Crippen molar-refractivity contribution >= 4 is 23.3 Å². The van der Waals surface area contributed by atoms with E-state index in [0.29, 0.717) is 10.8 Å². The van der Waals surface area contributed by atoms with E-state index in [4.69, 9.17) is 16.3 Å². The molecule has 122 valence electrons. The molecule has 2 aromatic rings. The Hall–Kier alpha value is -1.85. The second-order valence-electron chi connectivity index (χ2n) is 5.89. The molecule has 1 fully saturated rings. The Morgan fingerprint density at radius 2 is 2.30 bits per heavy atom. The maximum absolute atomic E-state index is 12.2. The molecule has 1 unspecified atom stereocenters. The van der Waals surface area contributed by atoms with Crippen LogP contribution in [0.25, 0.3) is 0 Å². The van der Waals surface area contributed by atoms with Crippen LogP contribution in [0.15, 0.2) is 24.3 Å². The average Bonchev–Trinajstić information content (AvgIpc) is 3.13. The molecule has 1 N–H and O–H groups in total. The number of amides is 1. The first-order chi connectivity index (χ1) is 11.0. The third-order valence-electron chi connectivity index (χ3n) is 4.03. The summed E-state index contributed by atoms with van der Waals surface area (Å²) >= 11 is 6.10. The van der Waals surface area contributed by atoms with Crippen LogP contribution in [-0.2, 0) is 23.0 Å². The molecular weight excluding hydrogens is 314 g/mol. The fourth-order valence-electron chi connectivity index (χ4n) is 2.69. The second-order valence-corrected chi connectivity index (χ2v) is 6.30. The van der Waals surface area contributed by atoms with Crippen LogP contribution < -0.4 is 5.32 Å². The molecule has 2 heterocycles. The lowest BCUT2D eigenvalue weighted by Gasteiger charge is -2.06. The smallest absolute Gasteiger partial charge is 0.229 e. The van der Waals surface area contributed by atoms with Crippen LogP contribution in [0.3, 0.4) is 0 Å². The van der Waals surface area contributed by atoms with Gasteiger partial charge in [0.15, 0.2) is 0 Å². The average molecular weight is 334 g/mol. The summed E-state index contributed by atoms with van der Waals surface area (Å²) in [6.07, 6.45) is 2.35. The molecule has 1 atom stereocenters. The number of halogens is 1. The molecule has 0 aliphatic carbocycles. The standard InChI is InChI=1S/C17H20ClN3O2/c1-11-5-6-12(8-13(11)18)9-17(22)19-16-10-14(20-21(16)2)15-4-3-7-23-15/h5-6,8,10,15H,3-4,7,9H2,1-2H3,(H,19,22). The SMILES string of the molecule is Cc1ccc(CC(=O)Nc2cc(C3CCCO3)nn2C)cc1Cl. The molecule has 6 heteroatoms. The fraction of sp³-hybridized carbons (Fsp3) is 0.412. The molecule has 3 rings (SSSR count). The Morgan fingerprint density at radius 1 is 1.48 bits per heavy atom. The number of nitrogens with zero attached hydrogens (tertiary/aromatic N) is 2. The highest BCUT2D eigenvalue weighted by atomic mass is 35.5. The summed E-state index contributed by atoms with van der Waals surface area (Å²) in [5.41, 5.74) is 2.77. The molecular formula is C17H20ClN3O2. The van der Waals surface area contributed by atoms with Crippen molar-refractivity contribution in [2.45, 2.75) is 32.3 Å². The minimum Gasteiger partial charge on any atom is -0.372 e. The summed E-state index contributed by atoms with van der Waals surface area (Å²) < 4.78 is 7.31. The molecule has 1 aromatic heterocycles. The van der Waals surface area contributed by atoms with Crippen molar-refractivity contribution in [2.75, 3.05) is 11.9 Å². The van der Waals surface area contributed by atoms with Gasteiger partial charge >= 0.3 is 0 Å². The number of anilines is 1. The van der Waals surface area contributed by atoms with Gasteiger partial charge in [-0.3, -0.25) is 9.48 Å². The third kappa shape index (κ3) is 3.74. The molecule has 5 nitrogen and oxygen atoms in total. The lowest BCUT2D eigenvalue weighted by molar-refractivity contribution is -0.115. The minimum atomic E-state index is -0.0909. The number of aryl methyl sites for hydroxylation is 2. The van der Waals surface area contributed by atoms with Gasteiger partial charge in [-0.1, -0.05) is 23.7 Å². The molecule has 1 aliphatic rings. The molecule has 0 radical (unpaired) electrons. The number of hydrogen-bond donors (Lipinski definition) is 1. The van der Waals surface area contributed by atoms with Crippen LogP contribution in [0.2, 0.25) is 5.02 Å². The van der Waals surface area contributed by atoms with E-state index in [0.717, 1.165) is 36.3 Å². The molecule has 1 aliphatic heterocycles. The zero-order chi connectivity index (χ0) is 16.4. The summed E-state index contributed by atoms with van der Waals surface area (Å²) in [6, 6.07) is 7.56. The van der Waals surface area contributed by atoms with Gasteiger partial charge in [-0.15, -0.1) is 0 Å². The van der Waals surface area contributed by atoms with Crippen LogP contribution in [0.1, 0.15) is 35.8 Å². The Morgan fingerprint density at radius 3 is 3.00 bits per heavy atom. The number of carbonyl (C=O) groups is 1. The zero-order valence-corrected chi connectivity index (χ0v) is 14.1. The van der Waals surface area contributed by atoms with Crippen molar-refractivity contribution in [2.24, 2.45) is 7.05 Å². The van der Waals surface area contributed by atoms with E-state index in [-0.39, 0.29) is 18.4 Å². The minimum absolute atomic E-state index is 0.0442. The largest absolute Gasteiger partial charge is 0.372 e. The maximum Gasteiger partial charge on any atom is 0.229 e. The van der Waals surface area contributed by atoms with E-state index in [2.05, 4.69) is 10.4 Å². The van der Waals surface area contributed by atoms with E-state index >= 15 is 0 Å². The van der Waals surface area contributed by atoms with Crippen molar-refractivity contribution in [3.63, 3.8) is 0 Å². The van der Waals surface area contributed by atoms with E-state index in [1.807, 2.05) is 38.2 Å². The normalized spacial score (nSPS) is 17.4. The van der Waals surface area contributed by atoms with Crippen molar-refractivity contribution < 1.29 is 9.53 Å². The van der Waals surface area contributed by atoms with E-state index < -0.39 is 0 Å². The van der Waals surface area contributed by atoms with Gasteiger partial charge in [-0.05, 0) is 37.0 Å². The van der Waals surface area contributed by atoms with Crippen molar-refractivity contribution in [1.82, 2.24) is 9.78 Å². The molecule has 1 amide bonds. The third-order valence-corrected chi connectivity index (χ3v) is 4.43. The first kappa shape index (κ1) is 16.0. The lowest BCUT2D eigenvalue weighted by Crippen LogP contribution is -2.16. The Bertz CT molecular complexity index is 721. The number of ether oxygens (including phenoxy) is 1. The van der Waals surface area contributed by atoms with Gasteiger partial charge in [0.1, 0.15) is 11.9 Å². The Kier molecular flexibility index (Phi) is 4.68. The quantitative estimate of drug-likeness (QED) is 0.932. The number of rotatable bonds is 4. The molecule has 23 heavy (non-hydrogen) atoms. The number of carbonyl (C=O) groups excluding carboxylic acids is 1. The highest BCUT2D eigenvalue weighted by Crippen LogP contribution is 2.29. The number of benzene rings is 1. The predicted octanol–water partition coefficient (Wildman–Crippen LogP) is 3.41. The first-order valence-electron chi connectivity index (χ1n) is 7.73. The highest BCUT2D eigenvalue weighted by Gasteiger charge is 2.22. The Balaban J connectivity index is 1.66. The number of nitrogens with one attached hydrogen (secondary N) is 1. The predicted molar refractivity (Wildman–Crippen MR) is 89.7 cm³/mol. The first-order valence-corrected chi connectivity index (χ1v) is 8.11. The van der Waals surface area contributed by atoms with Gasteiger partial charge < -0.3 is 10.1 Å². The molecule has 0 bridgehead atoms. The van der Waals surface area contributed by atoms with Crippen LogP contribution in [0.4, 0.5) is 5.82 Å². The van der Waals surface area contributed by atoms with E-state index in [1.54, 1.807) is 4.68 Å². The van der Waals surface area contributed by atoms with Crippen molar-refractivity contribution in [3.05, 3.63) is 46.1 Å². The zero-order valence-electron chi connectivity index (χ0n) is 13.3.